The summed E-state index contributed by atoms with van der Waals surface area (Å²) in [5, 5.41) is 0. The molecule has 1 unspecified atom stereocenters. The molecule has 1 fully saturated rings. The highest BCUT2D eigenvalue weighted by Gasteiger charge is 2.09. The average molecular weight is 377 g/mol. The van der Waals surface area contributed by atoms with Gasteiger partial charge in [-0.1, -0.05) is 18.6 Å². The Morgan fingerprint density at radius 2 is 1.67 bits per heavy atom. The van der Waals surface area contributed by atoms with Gasteiger partial charge in [-0.2, -0.15) is 0 Å². The smallest absolute Gasteiger partial charge is 0.119 e. The molecular formula is C19H34Cl2N2O. The molecule has 0 N–H and O–H groups in total. The Kier molecular flexibility index (Phi) is 12.6. The fourth-order valence-electron chi connectivity index (χ4n) is 2.91. The lowest BCUT2D eigenvalue weighted by Crippen LogP contribution is -2.31. The molecule has 0 amide bonds. The van der Waals surface area contributed by atoms with E-state index in [0.717, 1.165) is 25.2 Å². The molecule has 3 nitrogen and oxygen atoms in total. The summed E-state index contributed by atoms with van der Waals surface area (Å²) in [7, 11) is 4.26. The van der Waals surface area contributed by atoms with Gasteiger partial charge in [-0.25, -0.2) is 0 Å². The lowest BCUT2D eigenvalue weighted by atomic mass is 10.1. The Labute approximate surface area is 160 Å². The molecule has 24 heavy (non-hydrogen) atoms. The summed E-state index contributed by atoms with van der Waals surface area (Å²) in [5.74, 6) is 1.000. The zero-order valence-electron chi connectivity index (χ0n) is 15.4. The summed E-state index contributed by atoms with van der Waals surface area (Å²) in [6.45, 7) is 6.81. The second-order valence-corrected chi connectivity index (χ2v) is 6.77. The Hall–Kier alpha value is -0.480. The van der Waals surface area contributed by atoms with Crippen LogP contribution in [0.25, 0.3) is 0 Å². The molecule has 2 rings (SSSR count). The van der Waals surface area contributed by atoms with Crippen molar-refractivity contribution in [3.63, 3.8) is 0 Å². The zero-order valence-corrected chi connectivity index (χ0v) is 17.0. The number of piperidine rings is 1. The molecule has 0 spiro atoms. The van der Waals surface area contributed by atoms with Gasteiger partial charge in [-0.3, -0.25) is 0 Å². The van der Waals surface area contributed by atoms with Crippen LogP contribution in [0.3, 0.4) is 0 Å². The Balaban J connectivity index is 0.00000264. The lowest BCUT2D eigenvalue weighted by Gasteiger charge is -2.26. The number of rotatable bonds is 8. The van der Waals surface area contributed by atoms with Gasteiger partial charge in [0.1, 0.15) is 5.75 Å². The van der Waals surface area contributed by atoms with E-state index in [1.807, 2.05) is 0 Å². The van der Waals surface area contributed by atoms with Gasteiger partial charge in [0, 0.05) is 12.6 Å². The first kappa shape index (κ1) is 23.5. The molecule has 0 aliphatic carbocycles. The van der Waals surface area contributed by atoms with Gasteiger partial charge >= 0.3 is 0 Å². The van der Waals surface area contributed by atoms with Gasteiger partial charge in [0.15, 0.2) is 0 Å². The normalized spacial score (nSPS) is 16.2. The van der Waals surface area contributed by atoms with Crippen LogP contribution in [0.4, 0.5) is 0 Å². The fourth-order valence-corrected chi connectivity index (χ4v) is 2.91. The van der Waals surface area contributed by atoms with Crippen molar-refractivity contribution < 1.29 is 4.74 Å². The quantitative estimate of drug-likeness (QED) is 0.629. The number of halogens is 2. The van der Waals surface area contributed by atoms with Crippen LogP contribution in [0.15, 0.2) is 24.3 Å². The highest BCUT2D eigenvalue weighted by Crippen LogP contribution is 2.15. The molecule has 5 heteroatoms. The largest absolute Gasteiger partial charge is 0.494 e. The summed E-state index contributed by atoms with van der Waals surface area (Å²) in [6.07, 6.45) is 6.36. The van der Waals surface area contributed by atoms with Crippen LogP contribution in [0, 0.1) is 0 Å². The van der Waals surface area contributed by atoms with E-state index in [2.05, 4.69) is 55.1 Å². The van der Waals surface area contributed by atoms with Gasteiger partial charge in [-0.05, 0) is 77.5 Å². The average Bonchev–Trinajstić information content (AvgIpc) is 2.54. The SMILES string of the molecule is CC(Cc1ccc(OCCCN2CCCCC2)cc1)N(C)C.Cl.Cl. The molecule has 1 saturated heterocycles. The van der Waals surface area contributed by atoms with Crippen molar-refractivity contribution in [2.24, 2.45) is 0 Å². The maximum absolute atomic E-state index is 5.87. The molecule has 1 aromatic carbocycles. The second-order valence-electron chi connectivity index (χ2n) is 6.77. The summed E-state index contributed by atoms with van der Waals surface area (Å²) < 4.78 is 5.87. The number of hydrogen-bond acceptors (Lipinski definition) is 3. The minimum absolute atomic E-state index is 0. The highest BCUT2D eigenvalue weighted by atomic mass is 35.5. The van der Waals surface area contributed by atoms with Gasteiger partial charge in [0.25, 0.3) is 0 Å². The van der Waals surface area contributed by atoms with Crippen LogP contribution >= 0.6 is 24.8 Å². The van der Waals surface area contributed by atoms with Crippen LogP contribution in [0.2, 0.25) is 0 Å². The Morgan fingerprint density at radius 3 is 2.25 bits per heavy atom. The van der Waals surface area contributed by atoms with E-state index in [4.69, 9.17) is 4.74 Å². The van der Waals surface area contributed by atoms with Gasteiger partial charge < -0.3 is 14.5 Å². The minimum atomic E-state index is 0. The van der Waals surface area contributed by atoms with Crippen LogP contribution in [0.1, 0.15) is 38.2 Å². The first-order valence-electron chi connectivity index (χ1n) is 8.75. The van der Waals surface area contributed by atoms with Gasteiger partial charge in [0.05, 0.1) is 6.61 Å². The Bertz CT molecular complexity index is 420. The second kappa shape index (κ2) is 12.8. The zero-order chi connectivity index (χ0) is 15.8. The number of nitrogens with zero attached hydrogens (tertiary/aromatic N) is 2. The van der Waals surface area contributed by atoms with Crippen molar-refractivity contribution in [2.45, 2.75) is 45.1 Å². The summed E-state index contributed by atoms with van der Waals surface area (Å²) in [6, 6.07) is 9.17. The third kappa shape index (κ3) is 8.57. The van der Waals surface area contributed by atoms with E-state index in [-0.39, 0.29) is 24.8 Å². The van der Waals surface area contributed by atoms with E-state index in [1.54, 1.807) is 0 Å². The standard InChI is InChI=1S/C19H32N2O.2ClH/c1-17(20(2)3)16-18-8-10-19(11-9-18)22-15-7-14-21-12-5-4-6-13-21;;/h8-11,17H,4-7,12-16H2,1-3H3;2*1H. The molecule has 1 aliphatic heterocycles. The minimum Gasteiger partial charge on any atom is -0.494 e. The first-order valence-corrected chi connectivity index (χ1v) is 8.75. The summed E-state index contributed by atoms with van der Waals surface area (Å²) in [5.41, 5.74) is 1.38. The predicted octanol–water partition coefficient (Wildman–Crippen LogP) is 4.28. The molecule has 0 aromatic heterocycles. The maximum Gasteiger partial charge on any atom is 0.119 e. The van der Waals surface area contributed by atoms with Crippen molar-refractivity contribution in [1.29, 1.82) is 0 Å². The number of hydrogen-bond donors (Lipinski definition) is 0. The molecular weight excluding hydrogens is 343 g/mol. The van der Waals surface area contributed by atoms with Crippen LogP contribution in [-0.4, -0.2) is 56.2 Å². The molecule has 1 aliphatic rings. The summed E-state index contributed by atoms with van der Waals surface area (Å²) in [4.78, 5) is 4.82. The number of likely N-dealkylation sites (N-methyl/N-ethyl adjacent to an activating group) is 1. The van der Waals surface area contributed by atoms with Gasteiger partial charge in [-0.15, -0.1) is 24.8 Å². The van der Waals surface area contributed by atoms with E-state index in [0.29, 0.717) is 6.04 Å². The van der Waals surface area contributed by atoms with E-state index in [9.17, 15) is 0 Å². The monoisotopic (exact) mass is 376 g/mol. The van der Waals surface area contributed by atoms with Crippen molar-refractivity contribution in [3.05, 3.63) is 29.8 Å². The van der Waals surface area contributed by atoms with Gasteiger partial charge in [0.2, 0.25) is 0 Å². The van der Waals surface area contributed by atoms with E-state index < -0.39 is 0 Å². The molecule has 0 bridgehead atoms. The third-order valence-corrected chi connectivity index (χ3v) is 4.67. The van der Waals surface area contributed by atoms with Crippen LogP contribution in [-0.2, 0) is 6.42 Å². The number of ether oxygens (including phenoxy) is 1. The fraction of sp³-hybridized carbons (Fsp3) is 0.684. The van der Waals surface area contributed by atoms with Crippen LogP contribution in [0.5, 0.6) is 5.75 Å². The van der Waals surface area contributed by atoms with Crippen molar-refractivity contribution in [1.82, 2.24) is 9.80 Å². The third-order valence-electron chi connectivity index (χ3n) is 4.67. The molecule has 1 atom stereocenters. The lowest BCUT2D eigenvalue weighted by molar-refractivity contribution is 0.205. The molecule has 0 saturated carbocycles. The molecule has 1 heterocycles. The van der Waals surface area contributed by atoms with E-state index >= 15 is 0 Å². The summed E-state index contributed by atoms with van der Waals surface area (Å²) >= 11 is 0. The van der Waals surface area contributed by atoms with Crippen LogP contribution < -0.4 is 4.74 Å². The van der Waals surface area contributed by atoms with Crippen molar-refractivity contribution in [2.75, 3.05) is 40.3 Å². The van der Waals surface area contributed by atoms with E-state index in [1.165, 1.54) is 44.5 Å². The predicted molar refractivity (Wildman–Crippen MR) is 108 cm³/mol. The molecule has 1 aromatic rings. The van der Waals surface area contributed by atoms with Crippen molar-refractivity contribution in [3.8, 4) is 5.75 Å². The first-order chi connectivity index (χ1) is 10.6. The topological polar surface area (TPSA) is 15.7 Å². The molecule has 140 valence electrons. The number of likely N-dealkylation sites (tertiary alicyclic amines) is 1. The van der Waals surface area contributed by atoms with Crippen molar-refractivity contribution >= 4 is 24.8 Å². The molecule has 0 radical (unpaired) electrons. The maximum atomic E-state index is 5.87. The highest BCUT2D eigenvalue weighted by molar-refractivity contribution is 5.85. The Morgan fingerprint density at radius 1 is 1.04 bits per heavy atom. The number of benzene rings is 1.